The lowest BCUT2D eigenvalue weighted by Gasteiger charge is -2.08. The van der Waals surface area contributed by atoms with Gasteiger partial charge in [-0.05, 0) is 29.8 Å². The van der Waals surface area contributed by atoms with E-state index in [1.807, 2.05) is 0 Å². The van der Waals surface area contributed by atoms with E-state index in [9.17, 15) is 13.2 Å². The van der Waals surface area contributed by atoms with Crippen LogP contribution < -0.4 is 0 Å². The molecule has 5 heteroatoms. The molecule has 0 aliphatic rings. The van der Waals surface area contributed by atoms with Gasteiger partial charge in [0, 0.05) is 10.6 Å². The Hall–Kier alpha value is -1.42. The molecule has 0 fully saturated rings. The van der Waals surface area contributed by atoms with E-state index in [4.69, 9.17) is 16.0 Å². The molecule has 1 heterocycles. The first-order chi connectivity index (χ1) is 7.47. The SMILES string of the molecule is FC(F)(F)c1cc(Cl)cc(-c2ccoc2)c1. The number of halogens is 4. The Morgan fingerprint density at radius 3 is 2.38 bits per heavy atom. The van der Waals surface area contributed by atoms with Gasteiger partial charge >= 0.3 is 6.18 Å². The van der Waals surface area contributed by atoms with Crippen molar-refractivity contribution in [2.24, 2.45) is 0 Å². The highest BCUT2D eigenvalue weighted by molar-refractivity contribution is 6.31. The van der Waals surface area contributed by atoms with Crippen LogP contribution in [0.5, 0.6) is 0 Å². The number of rotatable bonds is 1. The third kappa shape index (κ3) is 2.22. The Balaban J connectivity index is 2.53. The van der Waals surface area contributed by atoms with Gasteiger partial charge in [0.15, 0.2) is 0 Å². The summed E-state index contributed by atoms with van der Waals surface area (Å²) in [4.78, 5) is 0. The van der Waals surface area contributed by atoms with Gasteiger partial charge in [0.2, 0.25) is 0 Å². The van der Waals surface area contributed by atoms with Crippen molar-refractivity contribution in [2.75, 3.05) is 0 Å². The summed E-state index contributed by atoms with van der Waals surface area (Å²) in [7, 11) is 0. The maximum Gasteiger partial charge on any atom is 0.416 e. The van der Waals surface area contributed by atoms with Gasteiger partial charge in [0.25, 0.3) is 0 Å². The zero-order valence-electron chi connectivity index (χ0n) is 7.88. The molecule has 0 N–H and O–H groups in total. The molecule has 1 aromatic carbocycles. The lowest BCUT2D eigenvalue weighted by atomic mass is 10.1. The maximum absolute atomic E-state index is 12.5. The van der Waals surface area contributed by atoms with Crippen LogP contribution in [0.3, 0.4) is 0 Å². The van der Waals surface area contributed by atoms with Gasteiger partial charge in [-0.3, -0.25) is 0 Å². The van der Waals surface area contributed by atoms with Crippen LogP contribution in [-0.4, -0.2) is 0 Å². The van der Waals surface area contributed by atoms with Crippen LogP contribution in [0.15, 0.2) is 41.2 Å². The molecule has 84 valence electrons. The third-order valence-electron chi connectivity index (χ3n) is 2.08. The van der Waals surface area contributed by atoms with Crippen LogP contribution in [0.1, 0.15) is 5.56 Å². The second-order valence-electron chi connectivity index (χ2n) is 3.24. The second kappa shape index (κ2) is 3.87. The molecule has 0 aliphatic heterocycles. The first-order valence-electron chi connectivity index (χ1n) is 4.37. The molecule has 2 rings (SSSR count). The summed E-state index contributed by atoms with van der Waals surface area (Å²) >= 11 is 5.64. The van der Waals surface area contributed by atoms with Crippen LogP contribution in [0.4, 0.5) is 13.2 Å². The van der Waals surface area contributed by atoms with E-state index in [0.717, 1.165) is 12.1 Å². The van der Waals surface area contributed by atoms with Gasteiger partial charge < -0.3 is 4.42 Å². The van der Waals surface area contributed by atoms with Crippen molar-refractivity contribution in [3.8, 4) is 11.1 Å². The molecule has 0 bridgehead atoms. The van der Waals surface area contributed by atoms with Crippen molar-refractivity contribution >= 4 is 11.6 Å². The standard InChI is InChI=1S/C11H6ClF3O/c12-10-4-8(7-1-2-16-6-7)3-9(5-10)11(13,14)15/h1-6H. The number of benzene rings is 1. The first kappa shape index (κ1) is 11.1. The van der Waals surface area contributed by atoms with E-state index >= 15 is 0 Å². The molecule has 0 amide bonds. The fourth-order valence-electron chi connectivity index (χ4n) is 1.35. The van der Waals surface area contributed by atoms with Gasteiger partial charge in [0.05, 0.1) is 18.1 Å². The van der Waals surface area contributed by atoms with Crippen molar-refractivity contribution in [2.45, 2.75) is 6.18 Å². The van der Waals surface area contributed by atoms with Gasteiger partial charge in [-0.2, -0.15) is 13.2 Å². The minimum Gasteiger partial charge on any atom is -0.472 e. The molecular formula is C11H6ClF3O. The summed E-state index contributed by atoms with van der Waals surface area (Å²) in [5, 5.41) is 0.0472. The topological polar surface area (TPSA) is 13.1 Å². The lowest BCUT2D eigenvalue weighted by molar-refractivity contribution is -0.137. The van der Waals surface area contributed by atoms with Gasteiger partial charge in [0.1, 0.15) is 0 Å². The van der Waals surface area contributed by atoms with Crippen LogP contribution in [-0.2, 0) is 6.18 Å². The molecule has 1 aromatic heterocycles. The van der Waals surface area contributed by atoms with E-state index in [1.165, 1.54) is 18.6 Å². The Labute approximate surface area is 94.4 Å². The quantitative estimate of drug-likeness (QED) is 0.716. The average Bonchev–Trinajstić information content (AvgIpc) is 2.68. The fraction of sp³-hybridized carbons (Fsp3) is 0.0909. The van der Waals surface area contributed by atoms with Crippen molar-refractivity contribution in [3.63, 3.8) is 0 Å². The zero-order chi connectivity index (χ0) is 11.8. The molecule has 0 saturated carbocycles. The summed E-state index contributed by atoms with van der Waals surface area (Å²) in [5.74, 6) is 0. The summed E-state index contributed by atoms with van der Waals surface area (Å²) < 4.78 is 42.3. The van der Waals surface area contributed by atoms with Crippen LogP contribution >= 0.6 is 11.6 Å². The van der Waals surface area contributed by atoms with Crippen LogP contribution in [0.25, 0.3) is 11.1 Å². The lowest BCUT2D eigenvalue weighted by Crippen LogP contribution is -2.04. The molecule has 0 spiro atoms. The number of hydrogen-bond acceptors (Lipinski definition) is 1. The third-order valence-corrected chi connectivity index (χ3v) is 2.30. The second-order valence-corrected chi connectivity index (χ2v) is 3.67. The zero-order valence-corrected chi connectivity index (χ0v) is 8.64. The molecule has 16 heavy (non-hydrogen) atoms. The van der Waals surface area contributed by atoms with E-state index in [-0.39, 0.29) is 5.02 Å². The first-order valence-corrected chi connectivity index (χ1v) is 4.75. The van der Waals surface area contributed by atoms with Gasteiger partial charge in [-0.25, -0.2) is 0 Å². The number of alkyl halides is 3. The van der Waals surface area contributed by atoms with Crippen molar-refractivity contribution < 1.29 is 17.6 Å². The fourth-order valence-corrected chi connectivity index (χ4v) is 1.58. The predicted octanol–water partition coefficient (Wildman–Crippen LogP) is 4.62. The van der Waals surface area contributed by atoms with Gasteiger partial charge in [-0.1, -0.05) is 11.6 Å². The minimum absolute atomic E-state index is 0.0472. The predicted molar refractivity (Wildman–Crippen MR) is 54.2 cm³/mol. The molecule has 0 saturated heterocycles. The molecular weight excluding hydrogens is 241 g/mol. The Bertz CT molecular complexity index is 488. The molecule has 1 nitrogen and oxygen atoms in total. The highest BCUT2D eigenvalue weighted by atomic mass is 35.5. The Morgan fingerprint density at radius 2 is 1.81 bits per heavy atom. The van der Waals surface area contributed by atoms with Crippen LogP contribution in [0.2, 0.25) is 5.02 Å². The molecule has 2 aromatic rings. The van der Waals surface area contributed by atoms with Crippen molar-refractivity contribution in [3.05, 3.63) is 47.4 Å². The summed E-state index contributed by atoms with van der Waals surface area (Å²) in [6.07, 6.45) is -1.64. The van der Waals surface area contributed by atoms with E-state index < -0.39 is 11.7 Å². The van der Waals surface area contributed by atoms with E-state index in [1.54, 1.807) is 6.07 Å². The molecule has 0 unspecified atom stereocenters. The maximum atomic E-state index is 12.5. The van der Waals surface area contributed by atoms with Crippen molar-refractivity contribution in [1.82, 2.24) is 0 Å². The summed E-state index contributed by atoms with van der Waals surface area (Å²) in [5.41, 5.74) is 0.178. The van der Waals surface area contributed by atoms with Gasteiger partial charge in [-0.15, -0.1) is 0 Å². The molecule has 0 radical (unpaired) electrons. The smallest absolute Gasteiger partial charge is 0.416 e. The van der Waals surface area contributed by atoms with E-state index in [0.29, 0.717) is 11.1 Å². The summed E-state index contributed by atoms with van der Waals surface area (Å²) in [6, 6.07) is 4.97. The van der Waals surface area contributed by atoms with Crippen LogP contribution in [0, 0.1) is 0 Å². The minimum atomic E-state index is -4.40. The highest BCUT2D eigenvalue weighted by Crippen LogP contribution is 2.34. The monoisotopic (exact) mass is 246 g/mol. The largest absolute Gasteiger partial charge is 0.472 e. The highest BCUT2D eigenvalue weighted by Gasteiger charge is 2.31. The van der Waals surface area contributed by atoms with Crippen molar-refractivity contribution in [1.29, 1.82) is 0 Å². The average molecular weight is 247 g/mol. The molecule has 0 atom stereocenters. The van der Waals surface area contributed by atoms with E-state index in [2.05, 4.69) is 0 Å². The number of hydrogen-bond donors (Lipinski definition) is 0. The Kier molecular flexibility index (Phi) is 2.68. The number of furan rings is 1. The summed E-state index contributed by atoms with van der Waals surface area (Å²) in [6.45, 7) is 0. The molecule has 0 aliphatic carbocycles. The normalized spacial score (nSPS) is 11.8. The Morgan fingerprint density at radius 1 is 1.06 bits per heavy atom.